The van der Waals surface area contributed by atoms with Gasteiger partial charge in [-0.25, -0.2) is 18.6 Å². The van der Waals surface area contributed by atoms with E-state index in [4.69, 9.17) is 0 Å². The predicted molar refractivity (Wildman–Crippen MR) is 109 cm³/mol. The Hall–Kier alpha value is -2.42. The highest BCUT2D eigenvalue weighted by atomic mass is 79.9. The smallest absolute Gasteiger partial charge is 0.407 e. The predicted octanol–water partition coefficient (Wildman–Crippen LogP) is 4.75. The number of carboxylic acid groups (broad SMARTS) is 1. The first kappa shape index (κ1) is 20.3. The summed E-state index contributed by atoms with van der Waals surface area (Å²) in [7, 11) is 5.07. The lowest BCUT2D eigenvalue weighted by molar-refractivity contribution is 0.110. The number of hydrogen-bond donors (Lipinski definition) is 2. The third-order valence-electron chi connectivity index (χ3n) is 5.07. The van der Waals surface area contributed by atoms with E-state index in [-0.39, 0.29) is 11.8 Å². The number of H-pyrrole nitrogens is 1. The van der Waals surface area contributed by atoms with Crippen LogP contribution in [0, 0.1) is 11.6 Å². The first-order valence-corrected chi connectivity index (χ1v) is 9.36. The van der Waals surface area contributed by atoms with Gasteiger partial charge in [-0.15, -0.1) is 0 Å². The maximum absolute atomic E-state index is 14.9. The van der Waals surface area contributed by atoms with Gasteiger partial charge in [-0.3, -0.25) is 0 Å². The first-order chi connectivity index (χ1) is 13.0. The fourth-order valence-electron chi connectivity index (χ4n) is 3.40. The SMILES string of the molecule is CN(C)c1c(Br)cnc2[nH]c3c(CC(C)(C)N(C)C(=O)O)cc(F)c(F)c3c12. The Morgan fingerprint density at radius 1 is 1.29 bits per heavy atom. The number of aromatic nitrogens is 2. The van der Waals surface area contributed by atoms with Gasteiger partial charge in [0.05, 0.1) is 26.4 Å². The molecule has 150 valence electrons. The van der Waals surface area contributed by atoms with Gasteiger partial charge in [-0.1, -0.05) is 0 Å². The van der Waals surface area contributed by atoms with Crippen molar-refractivity contribution in [3.8, 4) is 0 Å². The molecule has 0 aliphatic heterocycles. The van der Waals surface area contributed by atoms with Crippen LogP contribution in [0.4, 0.5) is 19.3 Å². The molecular weight excluding hydrogens is 434 g/mol. The topological polar surface area (TPSA) is 72.5 Å². The highest BCUT2D eigenvalue weighted by molar-refractivity contribution is 9.10. The molecule has 0 unspecified atom stereocenters. The lowest BCUT2D eigenvalue weighted by atomic mass is 9.92. The zero-order valence-corrected chi connectivity index (χ0v) is 17.8. The van der Waals surface area contributed by atoms with Crippen molar-refractivity contribution in [2.75, 3.05) is 26.0 Å². The number of anilines is 1. The Kier molecular flexibility index (Phi) is 4.99. The molecule has 3 rings (SSSR count). The highest BCUT2D eigenvalue weighted by Crippen LogP contribution is 2.40. The second-order valence-electron chi connectivity index (χ2n) is 7.61. The number of rotatable bonds is 4. The van der Waals surface area contributed by atoms with Crippen molar-refractivity contribution in [1.29, 1.82) is 0 Å². The van der Waals surface area contributed by atoms with Gasteiger partial charge in [0, 0.05) is 32.9 Å². The number of pyridine rings is 1. The Bertz CT molecular complexity index is 1090. The van der Waals surface area contributed by atoms with Crippen LogP contribution in [0.5, 0.6) is 0 Å². The molecule has 0 aliphatic rings. The second kappa shape index (κ2) is 6.88. The summed E-state index contributed by atoms with van der Waals surface area (Å²) >= 11 is 3.43. The van der Waals surface area contributed by atoms with E-state index >= 15 is 0 Å². The molecule has 0 radical (unpaired) electrons. The molecule has 0 saturated carbocycles. The molecule has 0 atom stereocenters. The van der Waals surface area contributed by atoms with Crippen LogP contribution in [-0.2, 0) is 6.42 Å². The van der Waals surface area contributed by atoms with Crippen LogP contribution in [0.25, 0.3) is 21.9 Å². The molecule has 0 aliphatic carbocycles. The summed E-state index contributed by atoms with van der Waals surface area (Å²) in [4.78, 5) is 21.7. The van der Waals surface area contributed by atoms with Crippen LogP contribution in [0.1, 0.15) is 19.4 Å². The molecule has 2 aromatic heterocycles. The maximum atomic E-state index is 14.9. The number of nitrogens with zero attached hydrogens (tertiary/aromatic N) is 3. The molecular formula is C19H21BrF2N4O2. The van der Waals surface area contributed by atoms with Gasteiger partial charge >= 0.3 is 6.09 Å². The van der Waals surface area contributed by atoms with Crippen LogP contribution in [0.3, 0.4) is 0 Å². The van der Waals surface area contributed by atoms with Gasteiger partial charge in [0.2, 0.25) is 0 Å². The summed E-state index contributed by atoms with van der Waals surface area (Å²) in [6.07, 6.45) is 0.693. The number of benzene rings is 1. The van der Waals surface area contributed by atoms with Gasteiger partial charge in [-0.2, -0.15) is 0 Å². The third-order valence-corrected chi connectivity index (χ3v) is 5.65. The van der Waals surface area contributed by atoms with E-state index in [0.29, 0.717) is 32.3 Å². The number of fused-ring (bicyclic) bond motifs is 3. The van der Waals surface area contributed by atoms with Crippen LogP contribution in [0.2, 0.25) is 0 Å². The lowest BCUT2D eigenvalue weighted by Crippen LogP contribution is -2.46. The van der Waals surface area contributed by atoms with Crippen LogP contribution in [-0.4, -0.2) is 52.7 Å². The van der Waals surface area contributed by atoms with Crippen molar-refractivity contribution in [3.63, 3.8) is 0 Å². The van der Waals surface area contributed by atoms with E-state index in [0.717, 1.165) is 11.0 Å². The Labute approximate surface area is 169 Å². The average molecular weight is 455 g/mol. The summed E-state index contributed by atoms with van der Waals surface area (Å²) in [6.45, 7) is 3.47. The van der Waals surface area contributed by atoms with Gasteiger partial charge < -0.3 is 19.9 Å². The lowest BCUT2D eigenvalue weighted by Gasteiger charge is -2.33. The molecule has 1 aromatic carbocycles. The number of aromatic amines is 1. The van der Waals surface area contributed by atoms with E-state index in [9.17, 15) is 18.7 Å². The number of hydrogen-bond acceptors (Lipinski definition) is 3. The molecule has 9 heteroatoms. The molecule has 0 fully saturated rings. The second-order valence-corrected chi connectivity index (χ2v) is 8.46. The standard InChI is InChI=1S/C19H21BrF2N4O2/c1-19(2,26(5)18(27)28)7-9-6-11(21)14(22)12-13-16(25(3)4)10(20)8-23-17(13)24-15(9)12/h6,8H,7H2,1-5H3,(H,23,24)(H,27,28). The molecule has 28 heavy (non-hydrogen) atoms. The molecule has 0 spiro atoms. The van der Waals surface area contributed by atoms with E-state index in [2.05, 4.69) is 25.9 Å². The van der Waals surface area contributed by atoms with E-state index < -0.39 is 23.3 Å². The van der Waals surface area contributed by atoms with Crippen molar-refractivity contribution >= 4 is 49.6 Å². The monoisotopic (exact) mass is 454 g/mol. The third kappa shape index (κ3) is 3.17. The first-order valence-electron chi connectivity index (χ1n) is 8.56. The zero-order chi connectivity index (χ0) is 21.0. The normalized spacial score (nSPS) is 12.0. The summed E-state index contributed by atoms with van der Waals surface area (Å²) in [6, 6.07) is 1.12. The van der Waals surface area contributed by atoms with Crippen molar-refractivity contribution in [2.24, 2.45) is 0 Å². The van der Waals surface area contributed by atoms with E-state index in [1.54, 1.807) is 39.0 Å². The minimum Gasteiger partial charge on any atom is -0.465 e. The number of carbonyl (C=O) groups is 1. The number of likely N-dealkylation sites (N-methyl/N-ethyl adjacent to an activating group) is 1. The Morgan fingerprint density at radius 2 is 1.93 bits per heavy atom. The van der Waals surface area contributed by atoms with E-state index in [1.165, 1.54) is 7.05 Å². The summed E-state index contributed by atoms with van der Waals surface area (Å²) in [5.74, 6) is -1.95. The van der Waals surface area contributed by atoms with E-state index in [1.807, 2.05) is 0 Å². The number of nitrogens with one attached hydrogen (secondary N) is 1. The highest BCUT2D eigenvalue weighted by Gasteiger charge is 2.30. The molecule has 6 nitrogen and oxygen atoms in total. The molecule has 0 saturated heterocycles. The summed E-state index contributed by atoms with van der Waals surface area (Å²) in [5.41, 5.74) is 1.16. The fourth-order valence-corrected chi connectivity index (χ4v) is 4.06. The van der Waals surface area contributed by atoms with Crippen LogP contribution in [0.15, 0.2) is 16.7 Å². The summed E-state index contributed by atoms with van der Waals surface area (Å²) in [5, 5.41) is 9.89. The molecule has 3 aromatic rings. The largest absolute Gasteiger partial charge is 0.465 e. The van der Waals surface area contributed by atoms with Crippen molar-refractivity contribution in [1.82, 2.24) is 14.9 Å². The Morgan fingerprint density at radius 3 is 2.50 bits per heavy atom. The zero-order valence-electron chi connectivity index (χ0n) is 16.2. The van der Waals surface area contributed by atoms with Gasteiger partial charge in [0.15, 0.2) is 11.6 Å². The molecule has 2 heterocycles. The van der Waals surface area contributed by atoms with Crippen molar-refractivity contribution < 1.29 is 18.7 Å². The van der Waals surface area contributed by atoms with Crippen LogP contribution < -0.4 is 4.90 Å². The molecule has 1 amide bonds. The molecule has 2 N–H and O–H groups in total. The van der Waals surface area contributed by atoms with Crippen molar-refractivity contribution in [3.05, 3.63) is 33.9 Å². The van der Waals surface area contributed by atoms with Gasteiger partial charge in [0.25, 0.3) is 0 Å². The van der Waals surface area contributed by atoms with Gasteiger partial charge in [-0.05, 0) is 47.8 Å². The maximum Gasteiger partial charge on any atom is 0.407 e. The quantitative estimate of drug-likeness (QED) is 0.596. The average Bonchev–Trinajstić information content (AvgIpc) is 2.97. The summed E-state index contributed by atoms with van der Waals surface area (Å²) < 4.78 is 30.0. The number of amides is 1. The minimum absolute atomic E-state index is 0.108. The number of halogens is 3. The van der Waals surface area contributed by atoms with Crippen LogP contribution >= 0.6 is 15.9 Å². The van der Waals surface area contributed by atoms with Crippen molar-refractivity contribution in [2.45, 2.75) is 25.8 Å². The Balaban J connectivity index is 2.34. The minimum atomic E-state index is -1.10. The molecule has 0 bridgehead atoms. The van der Waals surface area contributed by atoms with Gasteiger partial charge in [0.1, 0.15) is 5.65 Å². The fraction of sp³-hybridized carbons (Fsp3) is 0.368.